The molecule has 1 unspecified atom stereocenters. The Hall–Kier alpha value is -2.51. The fourth-order valence-electron chi connectivity index (χ4n) is 4.70. The lowest BCUT2D eigenvalue weighted by Gasteiger charge is -2.41. The third kappa shape index (κ3) is 4.79. The molecule has 0 spiro atoms. The van der Waals surface area contributed by atoms with E-state index in [4.69, 9.17) is 0 Å². The normalized spacial score (nSPS) is 23.7. The highest BCUT2D eigenvalue weighted by molar-refractivity contribution is 5.78. The summed E-state index contributed by atoms with van der Waals surface area (Å²) in [6, 6.07) is 6.71. The molecule has 1 fully saturated rings. The van der Waals surface area contributed by atoms with Crippen molar-refractivity contribution >= 4 is 11.7 Å². The molecule has 174 valence electrons. The number of nitrogens with zero attached hydrogens (tertiary/aromatic N) is 3. The molecule has 3 heterocycles. The van der Waals surface area contributed by atoms with Crippen molar-refractivity contribution in [2.24, 2.45) is 5.92 Å². The molecule has 0 radical (unpaired) electrons. The molecular formula is C24H31F3N4O. The first-order chi connectivity index (χ1) is 15.1. The van der Waals surface area contributed by atoms with Gasteiger partial charge < -0.3 is 10.2 Å². The van der Waals surface area contributed by atoms with E-state index < -0.39 is 12.5 Å². The van der Waals surface area contributed by atoms with Gasteiger partial charge in [-0.25, -0.2) is 17.9 Å². The number of halogens is 3. The number of piperidine rings is 1. The van der Waals surface area contributed by atoms with Gasteiger partial charge in [0.15, 0.2) is 0 Å². The minimum absolute atomic E-state index is 0.0115. The SMILES string of the molecule is CC(C)(C)c1cc2n(n1)[C@@H](C(F)F)C[C@@H](C1CCCN(C(=O)Cc3ccc(F)cc3)C1)N2. The highest BCUT2D eigenvalue weighted by atomic mass is 19.3. The van der Waals surface area contributed by atoms with Gasteiger partial charge in [-0.15, -0.1) is 0 Å². The second kappa shape index (κ2) is 8.79. The van der Waals surface area contributed by atoms with E-state index in [-0.39, 0.29) is 41.9 Å². The van der Waals surface area contributed by atoms with Gasteiger partial charge in [0.05, 0.1) is 12.1 Å². The van der Waals surface area contributed by atoms with Crippen LogP contribution in [-0.4, -0.2) is 46.1 Å². The van der Waals surface area contributed by atoms with E-state index in [9.17, 15) is 18.0 Å². The summed E-state index contributed by atoms with van der Waals surface area (Å²) in [7, 11) is 0. The maximum Gasteiger partial charge on any atom is 0.260 e. The van der Waals surface area contributed by atoms with Crippen LogP contribution in [0.5, 0.6) is 0 Å². The number of carbonyl (C=O) groups excluding carboxylic acids is 1. The average Bonchev–Trinajstić information content (AvgIpc) is 3.19. The molecule has 5 nitrogen and oxygen atoms in total. The van der Waals surface area contributed by atoms with E-state index in [0.717, 1.165) is 24.1 Å². The number of alkyl halides is 2. The molecule has 1 aromatic heterocycles. The molecule has 1 saturated heterocycles. The summed E-state index contributed by atoms with van der Waals surface area (Å²) >= 11 is 0. The van der Waals surface area contributed by atoms with Gasteiger partial charge in [-0.3, -0.25) is 4.79 Å². The maximum atomic E-state index is 13.9. The Bertz CT molecular complexity index is 951. The third-order valence-corrected chi connectivity index (χ3v) is 6.59. The lowest BCUT2D eigenvalue weighted by Crippen LogP contribution is -2.48. The quantitative estimate of drug-likeness (QED) is 0.732. The second-order valence-electron chi connectivity index (χ2n) is 10.0. The number of benzene rings is 1. The zero-order chi connectivity index (χ0) is 23.0. The van der Waals surface area contributed by atoms with Crippen LogP contribution < -0.4 is 5.32 Å². The van der Waals surface area contributed by atoms with Gasteiger partial charge in [-0.05, 0) is 42.9 Å². The lowest BCUT2D eigenvalue weighted by molar-refractivity contribution is -0.132. The number of rotatable bonds is 4. The standard InChI is InChI=1S/C24H31F3N4O/c1-24(2,3)20-13-21-28-18(12-19(23(26)27)31(21)29-20)16-5-4-10-30(14-16)22(32)11-15-6-8-17(25)9-7-15/h6-9,13,16,18-19,23,28H,4-5,10-12,14H2,1-3H3/t16?,18-,19+/m0/s1. The monoisotopic (exact) mass is 448 g/mol. The minimum atomic E-state index is -2.51. The van der Waals surface area contributed by atoms with Crippen LogP contribution in [0.25, 0.3) is 0 Å². The van der Waals surface area contributed by atoms with Gasteiger partial charge in [0.1, 0.15) is 17.7 Å². The second-order valence-corrected chi connectivity index (χ2v) is 10.0. The summed E-state index contributed by atoms with van der Waals surface area (Å²) in [4.78, 5) is 14.7. The van der Waals surface area contributed by atoms with Crippen molar-refractivity contribution < 1.29 is 18.0 Å². The molecular weight excluding hydrogens is 417 g/mol. The smallest absolute Gasteiger partial charge is 0.260 e. The number of likely N-dealkylation sites (tertiary alicyclic amines) is 1. The number of aromatic nitrogens is 2. The van der Waals surface area contributed by atoms with Gasteiger partial charge in [-0.2, -0.15) is 5.10 Å². The van der Waals surface area contributed by atoms with Crippen molar-refractivity contribution in [3.05, 3.63) is 47.4 Å². The van der Waals surface area contributed by atoms with Gasteiger partial charge in [0.2, 0.25) is 5.91 Å². The first kappa shape index (κ1) is 22.7. The van der Waals surface area contributed by atoms with E-state index in [1.807, 2.05) is 31.7 Å². The van der Waals surface area contributed by atoms with Crippen molar-refractivity contribution in [1.29, 1.82) is 0 Å². The Morgan fingerprint density at radius 2 is 1.97 bits per heavy atom. The number of anilines is 1. The van der Waals surface area contributed by atoms with Crippen molar-refractivity contribution in [2.45, 2.75) is 70.4 Å². The number of nitrogens with one attached hydrogen (secondary N) is 1. The summed E-state index contributed by atoms with van der Waals surface area (Å²) in [6.45, 7) is 7.24. The number of amides is 1. The number of fused-ring (bicyclic) bond motifs is 1. The molecule has 1 N–H and O–H groups in total. The predicted molar refractivity (Wildman–Crippen MR) is 117 cm³/mol. The third-order valence-electron chi connectivity index (χ3n) is 6.59. The minimum Gasteiger partial charge on any atom is -0.367 e. The first-order valence-corrected chi connectivity index (χ1v) is 11.3. The zero-order valence-electron chi connectivity index (χ0n) is 18.8. The van der Waals surface area contributed by atoms with Crippen LogP contribution in [0.3, 0.4) is 0 Å². The van der Waals surface area contributed by atoms with E-state index in [0.29, 0.717) is 18.9 Å². The zero-order valence-corrected chi connectivity index (χ0v) is 18.8. The van der Waals surface area contributed by atoms with Crippen LogP contribution in [0.1, 0.15) is 57.3 Å². The van der Waals surface area contributed by atoms with E-state index in [1.165, 1.54) is 16.8 Å². The van der Waals surface area contributed by atoms with Crippen LogP contribution >= 0.6 is 0 Å². The first-order valence-electron chi connectivity index (χ1n) is 11.3. The van der Waals surface area contributed by atoms with Gasteiger partial charge >= 0.3 is 0 Å². The summed E-state index contributed by atoms with van der Waals surface area (Å²) in [5, 5.41) is 7.93. The molecule has 4 rings (SSSR count). The molecule has 2 aromatic rings. The molecule has 32 heavy (non-hydrogen) atoms. The Labute approximate surface area is 187 Å². The van der Waals surface area contributed by atoms with Crippen LogP contribution in [-0.2, 0) is 16.6 Å². The van der Waals surface area contributed by atoms with Gasteiger partial charge in [-0.1, -0.05) is 32.9 Å². The predicted octanol–water partition coefficient (Wildman–Crippen LogP) is 4.79. The molecule has 8 heteroatoms. The van der Waals surface area contributed by atoms with Crippen molar-refractivity contribution in [2.75, 3.05) is 18.4 Å². The molecule has 1 aromatic carbocycles. The van der Waals surface area contributed by atoms with Crippen LogP contribution in [0.15, 0.2) is 30.3 Å². The van der Waals surface area contributed by atoms with E-state index in [1.54, 1.807) is 12.1 Å². The molecule has 0 aliphatic carbocycles. The van der Waals surface area contributed by atoms with Gasteiger partial charge in [0, 0.05) is 30.6 Å². The van der Waals surface area contributed by atoms with E-state index >= 15 is 0 Å². The van der Waals surface area contributed by atoms with Crippen LogP contribution in [0.2, 0.25) is 0 Å². The maximum absolute atomic E-state index is 13.9. The molecule has 3 atom stereocenters. The van der Waals surface area contributed by atoms with E-state index in [2.05, 4.69) is 10.4 Å². The topological polar surface area (TPSA) is 50.2 Å². The van der Waals surface area contributed by atoms with Crippen molar-refractivity contribution in [3.63, 3.8) is 0 Å². The summed E-state index contributed by atoms with van der Waals surface area (Å²) in [5.74, 6) is 0.378. The molecule has 0 saturated carbocycles. The summed E-state index contributed by atoms with van der Waals surface area (Å²) < 4.78 is 42.5. The molecule has 2 aliphatic rings. The highest BCUT2D eigenvalue weighted by Gasteiger charge is 2.39. The molecule has 0 bridgehead atoms. The lowest BCUT2D eigenvalue weighted by atomic mass is 9.85. The molecule has 2 aliphatic heterocycles. The van der Waals surface area contributed by atoms with Gasteiger partial charge in [0.25, 0.3) is 6.43 Å². The Balaban J connectivity index is 1.47. The number of hydrogen-bond donors (Lipinski definition) is 1. The molecule has 1 amide bonds. The van der Waals surface area contributed by atoms with Crippen molar-refractivity contribution in [1.82, 2.24) is 14.7 Å². The fraction of sp³-hybridized carbons (Fsp3) is 0.583. The largest absolute Gasteiger partial charge is 0.367 e. The summed E-state index contributed by atoms with van der Waals surface area (Å²) in [6.07, 6.45) is -0.295. The Morgan fingerprint density at radius 3 is 2.62 bits per heavy atom. The van der Waals surface area contributed by atoms with Crippen molar-refractivity contribution in [3.8, 4) is 0 Å². The Morgan fingerprint density at radius 1 is 1.25 bits per heavy atom. The number of carbonyl (C=O) groups is 1. The fourth-order valence-corrected chi connectivity index (χ4v) is 4.70. The Kier molecular flexibility index (Phi) is 6.23. The highest BCUT2D eigenvalue weighted by Crippen LogP contribution is 2.38. The van der Waals surface area contributed by atoms with Crippen LogP contribution in [0, 0.1) is 11.7 Å². The number of hydrogen-bond acceptors (Lipinski definition) is 3. The average molecular weight is 449 g/mol. The van der Waals surface area contributed by atoms with Crippen LogP contribution in [0.4, 0.5) is 19.0 Å². The summed E-state index contributed by atoms with van der Waals surface area (Å²) in [5.41, 5.74) is 1.32.